The third kappa shape index (κ3) is 5.68. The molecule has 5 rings (SSSR count). The monoisotopic (exact) mass is 503 g/mol. The van der Waals surface area contributed by atoms with Crippen molar-refractivity contribution in [1.29, 1.82) is 0 Å². The smallest absolute Gasteiger partial charge is 0.232 e. The van der Waals surface area contributed by atoms with Crippen LogP contribution in [0.4, 0.5) is 5.13 Å². The molecule has 0 saturated heterocycles. The Morgan fingerprint density at radius 2 is 1.38 bits per heavy atom. The lowest BCUT2D eigenvalue weighted by molar-refractivity contribution is -0.124. The lowest BCUT2D eigenvalue weighted by Crippen LogP contribution is -2.37. The molecular weight excluding hydrogens is 474 g/mol. The van der Waals surface area contributed by atoms with Gasteiger partial charge in [-0.05, 0) is 39.9 Å². The Balaban J connectivity index is 1.30. The summed E-state index contributed by atoms with van der Waals surface area (Å²) >= 11 is 1.47. The predicted molar refractivity (Wildman–Crippen MR) is 152 cm³/mol. The Bertz CT molecular complexity index is 1410. The van der Waals surface area contributed by atoms with Crippen LogP contribution in [-0.4, -0.2) is 15.9 Å². The van der Waals surface area contributed by atoms with Crippen LogP contribution >= 0.6 is 11.3 Å². The van der Waals surface area contributed by atoms with Gasteiger partial charge in [-0.3, -0.25) is 9.78 Å². The fourth-order valence-corrected chi connectivity index (χ4v) is 5.43. The van der Waals surface area contributed by atoms with Gasteiger partial charge in [0.15, 0.2) is 5.13 Å². The van der Waals surface area contributed by atoms with Gasteiger partial charge in [0.1, 0.15) is 0 Å². The zero-order valence-corrected chi connectivity index (χ0v) is 21.8. The van der Waals surface area contributed by atoms with Crippen LogP contribution < -0.4 is 5.32 Å². The van der Waals surface area contributed by atoms with Gasteiger partial charge >= 0.3 is 0 Å². The summed E-state index contributed by atoms with van der Waals surface area (Å²) in [5.41, 5.74) is 5.95. The molecule has 184 valence electrons. The zero-order chi connectivity index (χ0) is 25.7. The summed E-state index contributed by atoms with van der Waals surface area (Å²) in [6, 6.07) is 33.0. The third-order valence-electron chi connectivity index (χ3n) is 6.70. The van der Waals surface area contributed by atoms with E-state index in [2.05, 4.69) is 58.8 Å². The Hall–Kier alpha value is -4.09. The number of nitrogens with one attached hydrogen (secondary N) is 1. The minimum Gasteiger partial charge on any atom is -0.301 e. The molecule has 3 aromatic carbocycles. The maximum absolute atomic E-state index is 13.6. The van der Waals surface area contributed by atoms with E-state index in [1.807, 2.05) is 67.8 Å². The van der Waals surface area contributed by atoms with E-state index in [0.29, 0.717) is 11.6 Å². The molecule has 0 aliphatic rings. The van der Waals surface area contributed by atoms with Crippen molar-refractivity contribution in [2.75, 3.05) is 5.32 Å². The molecule has 4 nitrogen and oxygen atoms in total. The highest BCUT2D eigenvalue weighted by molar-refractivity contribution is 7.13. The van der Waals surface area contributed by atoms with Crippen molar-refractivity contribution < 1.29 is 4.79 Å². The number of hydrogen-bond acceptors (Lipinski definition) is 4. The van der Waals surface area contributed by atoms with Crippen LogP contribution in [0.1, 0.15) is 42.1 Å². The molecule has 0 fully saturated rings. The van der Waals surface area contributed by atoms with Crippen molar-refractivity contribution in [2.45, 2.75) is 26.2 Å². The van der Waals surface area contributed by atoms with Crippen molar-refractivity contribution in [2.24, 2.45) is 5.41 Å². The first-order chi connectivity index (χ1) is 18.0. The lowest BCUT2D eigenvalue weighted by atomic mass is 9.70. The molecule has 37 heavy (non-hydrogen) atoms. The Morgan fingerprint density at radius 3 is 1.97 bits per heavy atom. The van der Waals surface area contributed by atoms with Crippen LogP contribution in [-0.2, 0) is 11.2 Å². The standard InChI is InChI=1S/C32H29N3OS/c1-32(2,29(26-9-5-3-6-10-26)27-11-7-4-8-12-27)30(36)35-31-34-28(22-37-31)21-23-13-15-24(16-14-23)25-17-19-33-20-18-25/h3-20,22,29H,21H2,1-2H3,(H,34,35,36). The molecule has 1 N–H and O–H groups in total. The normalized spacial score (nSPS) is 11.4. The van der Waals surface area contributed by atoms with Gasteiger partial charge in [-0.25, -0.2) is 4.98 Å². The van der Waals surface area contributed by atoms with Crippen LogP contribution in [0.3, 0.4) is 0 Å². The average Bonchev–Trinajstić information content (AvgIpc) is 3.37. The quantitative estimate of drug-likeness (QED) is 0.237. The van der Waals surface area contributed by atoms with E-state index in [0.717, 1.165) is 27.9 Å². The Kier molecular flexibility index (Phi) is 7.24. The fraction of sp³-hybridized carbons (Fsp3) is 0.156. The maximum Gasteiger partial charge on any atom is 0.232 e. The highest BCUT2D eigenvalue weighted by atomic mass is 32.1. The number of carbonyl (C=O) groups is 1. The van der Waals surface area contributed by atoms with Gasteiger partial charge in [0.05, 0.1) is 11.1 Å². The summed E-state index contributed by atoms with van der Waals surface area (Å²) in [6.45, 7) is 4.01. The second-order valence-electron chi connectivity index (χ2n) is 9.68. The van der Waals surface area contributed by atoms with Gasteiger partial charge < -0.3 is 5.32 Å². The summed E-state index contributed by atoms with van der Waals surface area (Å²) < 4.78 is 0. The van der Waals surface area contributed by atoms with E-state index in [1.54, 1.807) is 12.4 Å². The van der Waals surface area contributed by atoms with Crippen LogP contribution in [0.15, 0.2) is 115 Å². The minimum absolute atomic E-state index is 0.0483. The second-order valence-corrected chi connectivity index (χ2v) is 10.5. The number of hydrogen-bond donors (Lipinski definition) is 1. The SMILES string of the molecule is CC(C)(C(=O)Nc1nc(Cc2ccc(-c3ccncc3)cc2)cs1)C(c1ccccc1)c1ccccc1. The Morgan fingerprint density at radius 1 is 0.811 bits per heavy atom. The Labute approximate surface area is 222 Å². The topological polar surface area (TPSA) is 54.9 Å². The third-order valence-corrected chi connectivity index (χ3v) is 7.50. The van der Waals surface area contributed by atoms with E-state index >= 15 is 0 Å². The van der Waals surface area contributed by atoms with E-state index in [-0.39, 0.29) is 11.8 Å². The molecule has 0 saturated carbocycles. The van der Waals surface area contributed by atoms with Crippen LogP contribution in [0.25, 0.3) is 11.1 Å². The number of thiazole rings is 1. The van der Waals surface area contributed by atoms with Crippen molar-refractivity contribution in [3.8, 4) is 11.1 Å². The molecule has 5 heteroatoms. The van der Waals surface area contributed by atoms with Crippen LogP contribution in [0.2, 0.25) is 0 Å². The van der Waals surface area contributed by atoms with Gasteiger partial charge in [0.2, 0.25) is 5.91 Å². The van der Waals surface area contributed by atoms with Gasteiger partial charge in [-0.2, -0.15) is 0 Å². The number of carbonyl (C=O) groups excluding carboxylic acids is 1. The van der Waals surface area contributed by atoms with Gasteiger partial charge in [0, 0.05) is 30.1 Å². The number of aromatic nitrogens is 2. The zero-order valence-electron chi connectivity index (χ0n) is 21.0. The number of nitrogens with zero attached hydrogens (tertiary/aromatic N) is 2. The molecule has 0 bridgehead atoms. The molecule has 2 heterocycles. The molecule has 0 aliphatic heterocycles. The summed E-state index contributed by atoms with van der Waals surface area (Å²) in [6.07, 6.45) is 4.32. The van der Waals surface area contributed by atoms with E-state index in [9.17, 15) is 4.79 Å². The van der Waals surface area contributed by atoms with Crippen molar-refractivity contribution >= 4 is 22.4 Å². The predicted octanol–water partition coefficient (Wildman–Crippen LogP) is 7.59. The molecule has 1 amide bonds. The second kappa shape index (κ2) is 10.9. The highest BCUT2D eigenvalue weighted by Crippen LogP contribution is 2.42. The largest absolute Gasteiger partial charge is 0.301 e. The van der Waals surface area contributed by atoms with Gasteiger partial charge in [-0.15, -0.1) is 11.3 Å². The van der Waals surface area contributed by atoms with Gasteiger partial charge in [0.25, 0.3) is 0 Å². The fourth-order valence-electron chi connectivity index (χ4n) is 4.72. The van der Waals surface area contributed by atoms with Crippen molar-refractivity contribution in [3.05, 3.63) is 137 Å². The molecule has 0 atom stereocenters. The van der Waals surface area contributed by atoms with Gasteiger partial charge in [-0.1, -0.05) is 98.8 Å². The van der Waals surface area contributed by atoms with Crippen molar-refractivity contribution in [1.82, 2.24) is 9.97 Å². The van der Waals surface area contributed by atoms with Crippen molar-refractivity contribution in [3.63, 3.8) is 0 Å². The first kappa shape index (κ1) is 24.6. The molecular formula is C32H29N3OS. The first-order valence-electron chi connectivity index (χ1n) is 12.4. The molecule has 0 aliphatic carbocycles. The summed E-state index contributed by atoms with van der Waals surface area (Å²) in [5, 5.41) is 5.75. The molecule has 0 radical (unpaired) electrons. The number of amides is 1. The van der Waals surface area contributed by atoms with Crippen LogP contribution in [0.5, 0.6) is 0 Å². The summed E-state index contributed by atoms with van der Waals surface area (Å²) in [7, 11) is 0. The first-order valence-corrected chi connectivity index (χ1v) is 13.2. The van der Waals surface area contributed by atoms with Crippen LogP contribution in [0, 0.1) is 5.41 Å². The number of anilines is 1. The lowest BCUT2D eigenvalue weighted by Gasteiger charge is -2.33. The minimum atomic E-state index is -0.697. The molecule has 0 unspecified atom stereocenters. The maximum atomic E-state index is 13.6. The molecule has 0 spiro atoms. The average molecular weight is 504 g/mol. The summed E-state index contributed by atoms with van der Waals surface area (Å²) in [4.78, 5) is 22.4. The number of benzene rings is 3. The molecule has 2 aromatic heterocycles. The van der Waals surface area contributed by atoms with E-state index in [1.165, 1.54) is 16.9 Å². The number of pyridine rings is 1. The highest BCUT2D eigenvalue weighted by Gasteiger charge is 2.39. The molecule has 5 aromatic rings. The number of rotatable bonds is 8. The van der Waals surface area contributed by atoms with E-state index in [4.69, 9.17) is 4.98 Å². The van der Waals surface area contributed by atoms with E-state index < -0.39 is 5.41 Å². The summed E-state index contributed by atoms with van der Waals surface area (Å²) in [5.74, 6) is -0.138.